The molecule has 2 aliphatic heterocycles. The molecule has 15 nitrogen and oxygen atoms in total. The number of amides is 4. The summed E-state index contributed by atoms with van der Waals surface area (Å²) in [4.78, 5) is 59.9. The van der Waals surface area contributed by atoms with Crippen LogP contribution in [0.1, 0.15) is 65.7 Å². The van der Waals surface area contributed by atoms with Crippen LogP contribution in [0, 0.1) is 11.7 Å². The predicted molar refractivity (Wildman–Crippen MR) is 184 cm³/mol. The van der Waals surface area contributed by atoms with Crippen molar-refractivity contribution in [1.82, 2.24) is 25.2 Å². The SMILES string of the molecule is CC[C@@H]1O[C@H](C)CC/C=C\[C@@H]2C[C@@]2(C(=O)NS(=O)(=O)C2(C)CC2)NC(=O)[C@@H]2C[C@@H](Oc3nccc4cc(OC)c(F)cc34)CN2C(=O)[C@H]1NC(=O)O. The van der Waals surface area contributed by atoms with Crippen molar-refractivity contribution in [1.29, 1.82) is 0 Å². The zero-order valence-corrected chi connectivity index (χ0v) is 30.2. The lowest BCUT2D eigenvalue weighted by atomic mass is 10.0. The van der Waals surface area contributed by atoms with E-state index in [0.29, 0.717) is 36.5 Å². The minimum atomic E-state index is -4.04. The second-order valence-corrected chi connectivity index (χ2v) is 16.5. The molecule has 6 rings (SSSR count). The van der Waals surface area contributed by atoms with E-state index in [1.165, 1.54) is 30.3 Å². The Labute approximate surface area is 300 Å². The Balaban J connectivity index is 1.35. The van der Waals surface area contributed by atoms with E-state index in [0.717, 1.165) is 0 Å². The molecule has 3 fully saturated rings. The van der Waals surface area contributed by atoms with Crippen molar-refractivity contribution in [2.45, 2.75) is 106 Å². The van der Waals surface area contributed by atoms with Gasteiger partial charge in [-0.1, -0.05) is 19.1 Å². The number of aromatic nitrogens is 1. The van der Waals surface area contributed by atoms with Gasteiger partial charge in [-0.2, -0.15) is 0 Å². The first kappa shape index (κ1) is 37.3. The van der Waals surface area contributed by atoms with Crippen LogP contribution < -0.4 is 24.8 Å². The third-order valence-corrected chi connectivity index (χ3v) is 12.7. The zero-order chi connectivity index (χ0) is 37.6. The van der Waals surface area contributed by atoms with Crippen LogP contribution in [0.15, 0.2) is 36.5 Å². The summed E-state index contributed by atoms with van der Waals surface area (Å²) < 4.78 is 59.6. The van der Waals surface area contributed by atoms with E-state index in [9.17, 15) is 37.1 Å². The number of rotatable bonds is 8. The van der Waals surface area contributed by atoms with Gasteiger partial charge in [0.1, 0.15) is 23.7 Å². The molecule has 4 N–H and O–H groups in total. The lowest BCUT2D eigenvalue weighted by Crippen LogP contribution is -2.60. The maximum Gasteiger partial charge on any atom is 0.405 e. The number of hydrogen-bond donors (Lipinski definition) is 4. The van der Waals surface area contributed by atoms with Gasteiger partial charge in [0, 0.05) is 23.9 Å². The quantitative estimate of drug-likeness (QED) is 0.290. The van der Waals surface area contributed by atoms with Crippen LogP contribution in [0.5, 0.6) is 11.6 Å². The van der Waals surface area contributed by atoms with Gasteiger partial charge in [0.15, 0.2) is 11.6 Å². The average molecular weight is 746 g/mol. The number of allylic oxidation sites excluding steroid dienone is 1. The number of fused-ring (bicyclic) bond motifs is 3. The fraction of sp³-hybridized carbons (Fsp3) is 0.571. The Kier molecular flexibility index (Phi) is 10.1. The lowest BCUT2D eigenvalue weighted by Gasteiger charge is -2.33. The first-order chi connectivity index (χ1) is 24.6. The minimum Gasteiger partial charge on any atom is -0.494 e. The molecule has 3 heterocycles. The first-order valence-electron chi connectivity index (χ1n) is 17.4. The Morgan fingerprint density at radius 3 is 2.67 bits per heavy atom. The molecular weight excluding hydrogens is 701 g/mol. The van der Waals surface area contributed by atoms with Crippen molar-refractivity contribution in [2.24, 2.45) is 5.92 Å². The number of nitrogens with one attached hydrogen (secondary N) is 3. The van der Waals surface area contributed by atoms with Gasteiger partial charge >= 0.3 is 6.09 Å². The first-order valence-corrected chi connectivity index (χ1v) is 18.9. The van der Waals surface area contributed by atoms with Gasteiger partial charge in [-0.25, -0.2) is 22.6 Å². The molecule has 1 aromatic carbocycles. The molecular formula is C35H44FN5O10S. The van der Waals surface area contributed by atoms with E-state index in [-0.39, 0.29) is 37.4 Å². The third-order valence-electron chi connectivity index (χ3n) is 10.6. The van der Waals surface area contributed by atoms with E-state index < -0.39 is 86.3 Å². The summed E-state index contributed by atoms with van der Waals surface area (Å²) in [5.41, 5.74) is -1.61. The van der Waals surface area contributed by atoms with Gasteiger partial charge in [-0.3, -0.25) is 19.1 Å². The van der Waals surface area contributed by atoms with E-state index in [2.05, 4.69) is 20.3 Å². The standard InChI is InChI=1S/C35H44FN5O10S/c1-5-26-28(38-33(45)46)31(43)41-18-22(51-30-23-16-24(36)27(49-4)14-20(23)10-13-37-30)15-25(41)29(42)39-35(17-21(35)9-7-6-8-19(2)50-26)32(44)40-52(47,48)34(3)11-12-34/h7,9-10,13-14,16,19,21-22,25-26,28,38H,5-6,8,11-12,15,17-18H2,1-4H3,(H,39,42)(H,40,44)(H,45,46)/b9-7-/t19-,21-,22-,25+,26+,28+,35-/m1/s1. The van der Waals surface area contributed by atoms with E-state index in [1.54, 1.807) is 32.9 Å². The molecule has 4 amide bonds. The van der Waals surface area contributed by atoms with Crippen LogP contribution in [0.4, 0.5) is 9.18 Å². The molecule has 0 radical (unpaired) electrons. The minimum absolute atomic E-state index is 0.0166. The summed E-state index contributed by atoms with van der Waals surface area (Å²) in [6.45, 7) is 4.90. The van der Waals surface area contributed by atoms with E-state index >= 15 is 0 Å². The highest BCUT2D eigenvalue weighted by atomic mass is 32.2. The highest BCUT2D eigenvalue weighted by Crippen LogP contribution is 2.47. The summed E-state index contributed by atoms with van der Waals surface area (Å²) in [5.74, 6) is -3.52. The molecule has 2 aromatic rings. The second kappa shape index (κ2) is 14.1. The second-order valence-electron chi connectivity index (χ2n) is 14.3. The summed E-state index contributed by atoms with van der Waals surface area (Å²) in [5, 5.41) is 15.7. The third kappa shape index (κ3) is 7.24. The van der Waals surface area contributed by atoms with Crippen LogP contribution >= 0.6 is 0 Å². The molecule has 4 aliphatic rings. The van der Waals surface area contributed by atoms with Crippen molar-refractivity contribution in [3.05, 3.63) is 42.4 Å². The van der Waals surface area contributed by atoms with Crippen molar-refractivity contribution < 1.29 is 51.3 Å². The maximum atomic E-state index is 14.8. The number of hydrogen-bond acceptors (Lipinski definition) is 10. The van der Waals surface area contributed by atoms with E-state index in [4.69, 9.17) is 14.2 Å². The number of carbonyl (C=O) groups excluding carboxylic acids is 3. The molecule has 0 spiro atoms. The molecule has 1 saturated heterocycles. The van der Waals surface area contributed by atoms with Gasteiger partial charge in [0.05, 0.1) is 30.6 Å². The fourth-order valence-corrected chi connectivity index (χ4v) is 8.30. The Morgan fingerprint density at radius 1 is 1.25 bits per heavy atom. The van der Waals surface area contributed by atoms with Gasteiger partial charge < -0.3 is 34.9 Å². The zero-order valence-electron chi connectivity index (χ0n) is 29.4. The van der Waals surface area contributed by atoms with Gasteiger partial charge in [-0.05, 0) is 76.0 Å². The van der Waals surface area contributed by atoms with Crippen molar-refractivity contribution in [3.63, 3.8) is 0 Å². The van der Waals surface area contributed by atoms with Crippen molar-refractivity contribution >= 4 is 44.6 Å². The van der Waals surface area contributed by atoms with Crippen molar-refractivity contribution in [3.8, 4) is 11.6 Å². The Morgan fingerprint density at radius 2 is 2.00 bits per heavy atom. The lowest BCUT2D eigenvalue weighted by molar-refractivity contribution is -0.145. The number of carboxylic acid groups (broad SMARTS) is 1. The number of sulfonamides is 1. The van der Waals surface area contributed by atoms with Crippen LogP contribution in [0.2, 0.25) is 0 Å². The number of pyridine rings is 1. The van der Waals surface area contributed by atoms with Gasteiger partial charge in [0.2, 0.25) is 27.7 Å². The Bertz CT molecular complexity index is 1910. The number of benzene rings is 1. The Hall–Kier alpha value is -4.51. The molecule has 2 aliphatic carbocycles. The fourth-order valence-electron chi connectivity index (χ4n) is 6.99. The highest BCUT2D eigenvalue weighted by Gasteiger charge is 2.63. The number of methoxy groups -OCH3 is 1. The molecule has 17 heteroatoms. The summed E-state index contributed by atoms with van der Waals surface area (Å²) >= 11 is 0. The van der Waals surface area contributed by atoms with Crippen LogP contribution in [0.3, 0.4) is 0 Å². The van der Waals surface area contributed by atoms with Crippen LogP contribution in [-0.2, 0) is 29.1 Å². The number of ether oxygens (including phenoxy) is 3. The van der Waals surface area contributed by atoms with Gasteiger partial charge in [-0.15, -0.1) is 0 Å². The summed E-state index contributed by atoms with van der Waals surface area (Å²) in [6, 6.07) is 1.64. The maximum absolute atomic E-state index is 14.8. The molecule has 0 bridgehead atoms. The van der Waals surface area contributed by atoms with Crippen LogP contribution in [-0.4, -0.2) is 102 Å². The van der Waals surface area contributed by atoms with E-state index in [1.807, 2.05) is 6.08 Å². The average Bonchev–Trinajstić information content (AvgIpc) is 3.97. The molecule has 52 heavy (non-hydrogen) atoms. The molecule has 282 valence electrons. The molecule has 0 unspecified atom stereocenters. The molecule has 7 atom stereocenters. The number of carbonyl (C=O) groups is 4. The predicted octanol–water partition coefficient (Wildman–Crippen LogP) is 2.77. The number of halogens is 1. The highest BCUT2D eigenvalue weighted by molar-refractivity contribution is 7.91. The number of nitrogens with zero attached hydrogens (tertiary/aromatic N) is 2. The molecule has 2 saturated carbocycles. The normalized spacial score (nSPS) is 30.8. The summed E-state index contributed by atoms with van der Waals surface area (Å²) in [7, 11) is -2.70. The molecule has 1 aromatic heterocycles. The van der Waals surface area contributed by atoms with Crippen LogP contribution in [0.25, 0.3) is 10.8 Å². The largest absolute Gasteiger partial charge is 0.494 e. The van der Waals surface area contributed by atoms with Gasteiger partial charge in [0.25, 0.3) is 5.91 Å². The topological polar surface area (TPSA) is 203 Å². The monoisotopic (exact) mass is 745 g/mol. The van der Waals surface area contributed by atoms with Crippen molar-refractivity contribution in [2.75, 3.05) is 13.7 Å². The summed E-state index contributed by atoms with van der Waals surface area (Å²) in [6.07, 6.45) is 3.48. The smallest absolute Gasteiger partial charge is 0.405 e.